The summed E-state index contributed by atoms with van der Waals surface area (Å²) < 4.78 is 13.9. The van der Waals surface area contributed by atoms with E-state index in [0.29, 0.717) is 5.56 Å². The smallest absolute Gasteiger partial charge is 0.247 e. The fourth-order valence-corrected chi connectivity index (χ4v) is 2.45. The van der Waals surface area contributed by atoms with Crippen LogP contribution in [0.3, 0.4) is 0 Å². The standard InChI is InChI=1S/C17H23FN2O/c1-13(15-7-4-5-8-16(15)18)20(14-10-11-14)17(21)9-6-12-19(2)3/h4-9,13-14H,10-12H2,1-3H3/b9-6+. The van der Waals surface area contributed by atoms with Crippen LogP contribution in [0.15, 0.2) is 36.4 Å². The van der Waals surface area contributed by atoms with Crippen LogP contribution in [0.1, 0.15) is 31.4 Å². The van der Waals surface area contributed by atoms with E-state index in [1.807, 2.05) is 43.0 Å². The number of amides is 1. The zero-order valence-corrected chi connectivity index (χ0v) is 12.9. The molecule has 1 aliphatic rings. The highest BCUT2D eigenvalue weighted by atomic mass is 19.1. The van der Waals surface area contributed by atoms with Crippen molar-refractivity contribution in [3.8, 4) is 0 Å². The Labute approximate surface area is 126 Å². The van der Waals surface area contributed by atoms with E-state index in [1.165, 1.54) is 6.07 Å². The third-order valence-electron chi connectivity index (χ3n) is 3.70. The highest BCUT2D eigenvalue weighted by Gasteiger charge is 2.35. The number of hydrogen-bond acceptors (Lipinski definition) is 2. The summed E-state index contributed by atoms with van der Waals surface area (Å²) in [5.41, 5.74) is 0.582. The average molecular weight is 290 g/mol. The first-order valence-corrected chi connectivity index (χ1v) is 7.38. The Hall–Kier alpha value is -1.68. The molecule has 3 nitrogen and oxygen atoms in total. The first-order chi connectivity index (χ1) is 10.0. The lowest BCUT2D eigenvalue weighted by molar-refractivity contribution is -0.128. The van der Waals surface area contributed by atoms with E-state index in [0.717, 1.165) is 19.4 Å². The van der Waals surface area contributed by atoms with Crippen LogP contribution >= 0.6 is 0 Å². The van der Waals surface area contributed by atoms with Crippen molar-refractivity contribution in [1.82, 2.24) is 9.80 Å². The van der Waals surface area contributed by atoms with Gasteiger partial charge in [-0.05, 0) is 39.9 Å². The highest BCUT2D eigenvalue weighted by molar-refractivity contribution is 5.88. The summed E-state index contributed by atoms with van der Waals surface area (Å²) in [6.45, 7) is 2.62. The number of halogens is 1. The molecule has 0 spiro atoms. The first kappa shape index (κ1) is 15.7. The van der Waals surface area contributed by atoms with Crippen LogP contribution in [-0.4, -0.2) is 42.4 Å². The number of likely N-dealkylation sites (N-methyl/N-ethyl adjacent to an activating group) is 1. The maximum absolute atomic E-state index is 13.9. The molecule has 2 rings (SSSR count). The van der Waals surface area contributed by atoms with Gasteiger partial charge in [0.1, 0.15) is 5.82 Å². The fourth-order valence-electron chi connectivity index (χ4n) is 2.45. The largest absolute Gasteiger partial charge is 0.329 e. The van der Waals surface area contributed by atoms with Gasteiger partial charge in [0.05, 0.1) is 6.04 Å². The molecule has 1 fully saturated rings. The molecule has 1 atom stereocenters. The van der Waals surface area contributed by atoms with Gasteiger partial charge >= 0.3 is 0 Å². The fraction of sp³-hybridized carbons (Fsp3) is 0.471. The van der Waals surface area contributed by atoms with Crippen LogP contribution in [0.2, 0.25) is 0 Å². The molecule has 1 unspecified atom stereocenters. The predicted octanol–water partition coefficient (Wildman–Crippen LogP) is 3.00. The van der Waals surface area contributed by atoms with Gasteiger partial charge in [-0.15, -0.1) is 0 Å². The van der Waals surface area contributed by atoms with Gasteiger partial charge in [-0.1, -0.05) is 24.3 Å². The van der Waals surface area contributed by atoms with Crippen LogP contribution in [0.4, 0.5) is 4.39 Å². The molecule has 21 heavy (non-hydrogen) atoms. The Morgan fingerprint density at radius 2 is 2.05 bits per heavy atom. The molecule has 0 heterocycles. The van der Waals surface area contributed by atoms with Crippen LogP contribution in [0, 0.1) is 5.82 Å². The molecular formula is C17H23FN2O. The summed E-state index contributed by atoms with van der Waals surface area (Å²) in [6, 6.07) is 6.69. The molecule has 4 heteroatoms. The molecule has 0 aliphatic heterocycles. The third kappa shape index (κ3) is 4.14. The maximum atomic E-state index is 13.9. The lowest BCUT2D eigenvalue weighted by Gasteiger charge is -2.29. The predicted molar refractivity (Wildman–Crippen MR) is 82.4 cm³/mol. The number of rotatable bonds is 6. The Bertz CT molecular complexity index is 523. The summed E-state index contributed by atoms with van der Waals surface area (Å²) in [4.78, 5) is 16.2. The molecule has 0 saturated heterocycles. The van der Waals surface area contributed by atoms with Gasteiger partial charge in [0.2, 0.25) is 5.91 Å². The molecule has 1 aromatic carbocycles. The quantitative estimate of drug-likeness (QED) is 0.752. The van der Waals surface area contributed by atoms with Gasteiger partial charge in [0, 0.05) is 24.2 Å². The summed E-state index contributed by atoms with van der Waals surface area (Å²) >= 11 is 0. The molecule has 1 amide bonds. The number of hydrogen-bond donors (Lipinski definition) is 0. The molecule has 1 aliphatic carbocycles. The van der Waals surface area contributed by atoms with Gasteiger partial charge in [-0.2, -0.15) is 0 Å². The van der Waals surface area contributed by atoms with Crippen LogP contribution in [0.25, 0.3) is 0 Å². The lowest BCUT2D eigenvalue weighted by atomic mass is 10.1. The lowest BCUT2D eigenvalue weighted by Crippen LogP contribution is -2.34. The number of carbonyl (C=O) groups is 1. The van der Waals surface area contributed by atoms with Crippen LogP contribution in [-0.2, 0) is 4.79 Å². The SMILES string of the molecule is CC(c1ccccc1F)N(C(=O)/C=C/CN(C)C)C1CC1. The minimum atomic E-state index is -0.249. The van der Waals surface area contributed by atoms with Gasteiger partial charge in [-0.3, -0.25) is 4.79 Å². The Kier molecular flexibility index (Phi) is 5.12. The molecule has 0 bridgehead atoms. The maximum Gasteiger partial charge on any atom is 0.247 e. The van der Waals surface area contributed by atoms with Crippen molar-refractivity contribution >= 4 is 5.91 Å². The second-order valence-corrected chi connectivity index (χ2v) is 5.84. The van der Waals surface area contributed by atoms with Crippen LogP contribution in [0.5, 0.6) is 0 Å². The average Bonchev–Trinajstić information content (AvgIpc) is 3.23. The Morgan fingerprint density at radius 1 is 1.38 bits per heavy atom. The van der Waals surface area contributed by atoms with E-state index >= 15 is 0 Å². The van der Waals surface area contributed by atoms with Crippen molar-refractivity contribution in [3.05, 3.63) is 47.8 Å². The van der Waals surface area contributed by atoms with Gasteiger partial charge in [0.25, 0.3) is 0 Å². The zero-order chi connectivity index (χ0) is 15.4. The second-order valence-electron chi connectivity index (χ2n) is 5.84. The Morgan fingerprint density at radius 3 is 2.62 bits per heavy atom. The zero-order valence-electron chi connectivity index (χ0n) is 12.9. The number of carbonyl (C=O) groups excluding carboxylic acids is 1. The number of nitrogens with zero attached hydrogens (tertiary/aromatic N) is 2. The van der Waals surface area contributed by atoms with E-state index in [9.17, 15) is 9.18 Å². The normalized spacial score (nSPS) is 16.4. The van der Waals surface area contributed by atoms with Crippen molar-refractivity contribution in [2.75, 3.05) is 20.6 Å². The monoisotopic (exact) mass is 290 g/mol. The van der Waals surface area contributed by atoms with Crippen LogP contribution < -0.4 is 0 Å². The van der Waals surface area contributed by atoms with Gasteiger partial charge in [-0.25, -0.2) is 4.39 Å². The van der Waals surface area contributed by atoms with E-state index in [2.05, 4.69) is 0 Å². The van der Waals surface area contributed by atoms with Gasteiger partial charge in [0.15, 0.2) is 0 Å². The number of benzene rings is 1. The van der Waals surface area contributed by atoms with Gasteiger partial charge < -0.3 is 9.80 Å². The van der Waals surface area contributed by atoms with Crippen molar-refractivity contribution in [2.45, 2.75) is 31.8 Å². The van der Waals surface area contributed by atoms with Crippen molar-refractivity contribution in [3.63, 3.8) is 0 Å². The minimum Gasteiger partial charge on any atom is -0.329 e. The topological polar surface area (TPSA) is 23.6 Å². The van der Waals surface area contributed by atoms with E-state index in [-0.39, 0.29) is 23.8 Å². The second kappa shape index (κ2) is 6.85. The first-order valence-electron chi connectivity index (χ1n) is 7.38. The summed E-state index contributed by atoms with van der Waals surface area (Å²) in [6.07, 6.45) is 5.47. The Balaban J connectivity index is 2.13. The summed E-state index contributed by atoms with van der Waals surface area (Å²) in [5, 5.41) is 0. The molecule has 0 aromatic heterocycles. The molecular weight excluding hydrogens is 267 g/mol. The van der Waals surface area contributed by atoms with Crippen molar-refractivity contribution in [1.29, 1.82) is 0 Å². The summed E-state index contributed by atoms with van der Waals surface area (Å²) in [5.74, 6) is -0.282. The molecule has 1 saturated carbocycles. The minimum absolute atomic E-state index is 0.0323. The third-order valence-corrected chi connectivity index (χ3v) is 3.70. The molecule has 0 radical (unpaired) electrons. The van der Waals surface area contributed by atoms with E-state index in [1.54, 1.807) is 18.2 Å². The van der Waals surface area contributed by atoms with E-state index in [4.69, 9.17) is 0 Å². The van der Waals surface area contributed by atoms with Crippen molar-refractivity contribution in [2.24, 2.45) is 0 Å². The van der Waals surface area contributed by atoms with E-state index < -0.39 is 0 Å². The highest BCUT2D eigenvalue weighted by Crippen LogP contribution is 2.35. The van der Waals surface area contributed by atoms with Crippen molar-refractivity contribution < 1.29 is 9.18 Å². The molecule has 114 valence electrons. The molecule has 0 N–H and O–H groups in total. The molecule has 1 aromatic rings. The summed E-state index contributed by atoms with van der Waals surface area (Å²) in [7, 11) is 3.91.